The summed E-state index contributed by atoms with van der Waals surface area (Å²) in [6.07, 6.45) is 7.51. The number of rotatable bonds is 11. The molecule has 1 aromatic heterocycles. The molecule has 0 radical (unpaired) electrons. The Morgan fingerprint density at radius 3 is 2.35 bits per heavy atom. The van der Waals surface area contributed by atoms with Crippen molar-refractivity contribution in [3.63, 3.8) is 0 Å². The lowest BCUT2D eigenvalue weighted by Crippen LogP contribution is -2.42. The fourth-order valence-corrected chi connectivity index (χ4v) is 5.31. The summed E-state index contributed by atoms with van der Waals surface area (Å²) in [5, 5.41) is 0. The Morgan fingerprint density at radius 2 is 1.71 bits per heavy atom. The van der Waals surface area contributed by atoms with E-state index in [0.717, 1.165) is 18.4 Å². The van der Waals surface area contributed by atoms with E-state index in [2.05, 4.69) is 38.1 Å². The molecule has 1 heterocycles. The largest absolute Gasteiger partial charge is 0.333 e. The maximum Gasteiger partial charge on any atom is 0.242 e. The van der Waals surface area contributed by atoms with E-state index in [1.807, 2.05) is 23.1 Å². The minimum absolute atomic E-state index is 0.0255. The highest BCUT2D eigenvalue weighted by Gasteiger charge is 2.23. The number of thiophene rings is 1. The highest BCUT2D eigenvalue weighted by Crippen LogP contribution is 2.28. The van der Waals surface area contributed by atoms with Gasteiger partial charge in [-0.1, -0.05) is 62.9 Å². The van der Waals surface area contributed by atoms with Crippen LogP contribution in [0, 0.1) is 12.8 Å². The molecule has 0 saturated heterocycles. The number of aryl methyl sites for hydroxylation is 1. The number of hydrogen-bond donors (Lipinski definition) is 0. The van der Waals surface area contributed by atoms with Crippen LogP contribution in [0.25, 0.3) is 0 Å². The summed E-state index contributed by atoms with van der Waals surface area (Å²) in [6, 6.07) is 14.3. The number of carbonyl (C=O) groups excluding carboxylic acids is 2. The summed E-state index contributed by atoms with van der Waals surface area (Å²) in [4.78, 5) is 32.4. The van der Waals surface area contributed by atoms with E-state index >= 15 is 0 Å². The Balaban J connectivity index is 1.65. The van der Waals surface area contributed by atoms with Crippen LogP contribution in [0.2, 0.25) is 0 Å². The summed E-state index contributed by atoms with van der Waals surface area (Å²) in [5.74, 6) is 0.853. The highest BCUT2D eigenvalue weighted by atomic mass is 32.1. The molecule has 1 aliphatic rings. The minimum Gasteiger partial charge on any atom is -0.333 e. The molecule has 0 aliphatic heterocycles. The second-order valence-corrected chi connectivity index (χ2v) is 10.1. The molecular weight excluding hydrogens is 404 g/mol. The van der Waals surface area contributed by atoms with Crippen molar-refractivity contribution in [2.75, 3.05) is 13.1 Å². The van der Waals surface area contributed by atoms with E-state index in [-0.39, 0.29) is 18.4 Å². The van der Waals surface area contributed by atoms with Gasteiger partial charge in [-0.15, -0.1) is 11.3 Å². The lowest BCUT2D eigenvalue weighted by atomic mass is 10.0. The van der Waals surface area contributed by atoms with E-state index in [1.165, 1.54) is 35.4 Å². The molecule has 31 heavy (non-hydrogen) atoms. The molecule has 5 heteroatoms. The molecule has 0 unspecified atom stereocenters. The van der Waals surface area contributed by atoms with Gasteiger partial charge in [-0.3, -0.25) is 9.59 Å². The zero-order chi connectivity index (χ0) is 22.1. The smallest absolute Gasteiger partial charge is 0.242 e. The molecule has 0 atom stereocenters. The molecular formula is C26H36N2O2S. The van der Waals surface area contributed by atoms with Gasteiger partial charge in [0.15, 0.2) is 0 Å². The molecule has 0 spiro atoms. The number of benzene rings is 1. The molecule has 4 nitrogen and oxygen atoms in total. The highest BCUT2D eigenvalue weighted by molar-refractivity contribution is 7.11. The van der Waals surface area contributed by atoms with Gasteiger partial charge in [0.25, 0.3) is 0 Å². The third-order valence-electron chi connectivity index (χ3n) is 6.13. The molecule has 2 aromatic rings. The third kappa shape index (κ3) is 7.49. The van der Waals surface area contributed by atoms with Gasteiger partial charge in [0.1, 0.15) is 0 Å². The molecule has 1 aliphatic carbocycles. The van der Waals surface area contributed by atoms with Gasteiger partial charge in [0.2, 0.25) is 11.8 Å². The topological polar surface area (TPSA) is 40.6 Å². The zero-order valence-electron chi connectivity index (χ0n) is 19.0. The average Bonchev–Trinajstić information content (AvgIpc) is 3.43. The number of nitrogens with zero attached hydrogens (tertiary/aromatic N) is 2. The van der Waals surface area contributed by atoms with Gasteiger partial charge in [-0.05, 0) is 43.4 Å². The number of hydrogen-bond acceptors (Lipinski definition) is 3. The zero-order valence-corrected chi connectivity index (χ0v) is 19.8. The van der Waals surface area contributed by atoms with Gasteiger partial charge in [-0.2, -0.15) is 0 Å². The first-order valence-electron chi connectivity index (χ1n) is 11.7. The van der Waals surface area contributed by atoms with Gasteiger partial charge in [-0.25, -0.2) is 0 Å². The molecule has 0 N–H and O–H groups in total. The van der Waals surface area contributed by atoms with Crippen molar-refractivity contribution in [3.05, 3.63) is 57.8 Å². The fourth-order valence-electron chi connectivity index (χ4n) is 4.40. The van der Waals surface area contributed by atoms with Crippen molar-refractivity contribution in [1.29, 1.82) is 0 Å². The van der Waals surface area contributed by atoms with Gasteiger partial charge in [0.05, 0.1) is 13.1 Å². The Hall–Kier alpha value is -2.14. The molecule has 1 fully saturated rings. The van der Waals surface area contributed by atoms with Crippen LogP contribution in [0.3, 0.4) is 0 Å². The van der Waals surface area contributed by atoms with E-state index in [4.69, 9.17) is 0 Å². The van der Waals surface area contributed by atoms with Gasteiger partial charge < -0.3 is 9.80 Å². The van der Waals surface area contributed by atoms with Crippen molar-refractivity contribution in [2.24, 2.45) is 5.92 Å². The standard InChI is InChI=1S/C26H36N2O2S/c1-3-17-27(25(29)16-14-22-9-7-8-10-22)20-26(30)28(18-23-11-5-4-6-12-23)19-24-15-13-21(2)31-24/h4-6,11-13,15,22H,3,7-10,14,16-20H2,1-2H3. The van der Waals surface area contributed by atoms with Crippen molar-refractivity contribution in [1.82, 2.24) is 9.80 Å². The lowest BCUT2D eigenvalue weighted by molar-refractivity contribution is -0.141. The van der Waals surface area contributed by atoms with E-state index in [9.17, 15) is 9.59 Å². The molecule has 1 aromatic carbocycles. The minimum atomic E-state index is 0.0255. The second kappa shape index (κ2) is 12.0. The first-order valence-corrected chi connectivity index (χ1v) is 12.5. The summed E-state index contributed by atoms with van der Waals surface area (Å²) >= 11 is 1.73. The Labute approximate surface area is 191 Å². The summed E-state index contributed by atoms with van der Waals surface area (Å²) in [5.41, 5.74) is 1.11. The third-order valence-corrected chi connectivity index (χ3v) is 7.11. The van der Waals surface area contributed by atoms with Crippen LogP contribution in [0.4, 0.5) is 0 Å². The van der Waals surface area contributed by atoms with Crippen LogP contribution in [-0.4, -0.2) is 34.7 Å². The van der Waals surface area contributed by atoms with Crippen molar-refractivity contribution in [2.45, 2.75) is 71.9 Å². The van der Waals surface area contributed by atoms with Crippen LogP contribution in [0.5, 0.6) is 0 Å². The molecule has 3 rings (SSSR count). The van der Waals surface area contributed by atoms with Crippen LogP contribution in [-0.2, 0) is 22.7 Å². The van der Waals surface area contributed by atoms with E-state index < -0.39 is 0 Å². The maximum absolute atomic E-state index is 13.3. The monoisotopic (exact) mass is 440 g/mol. The van der Waals surface area contributed by atoms with Crippen molar-refractivity contribution < 1.29 is 9.59 Å². The fraction of sp³-hybridized carbons (Fsp3) is 0.538. The summed E-state index contributed by atoms with van der Waals surface area (Å²) in [7, 11) is 0. The molecule has 168 valence electrons. The van der Waals surface area contributed by atoms with Crippen molar-refractivity contribution >= 4 is 23.2 Å². The number of carbonyl (C=O) groups is 2. The Bertz CT molecular complexity index is 827. The molecule has 1 saturated carbocycles. The van der Waals surface area contributed by atoms with Crippen molar-refractivity contribution in [3.8, 4) is 0 Å². The van der Waals surface area contributed by atoms with Crippen LogP contribution in [0.15, 0.2) is 42.5 Å². The SMILES string of the molecule is CCCN(CC(=O)N(Cc1ccccc1)Cc1ccc(C)s1)C(=O)CCC1CCCC1. The van der Waals surface area contributed by atoms with E-state index in [1.54, 1.807) is 16.2 Å². The van der Waals surface area contributed by atoms with Crippen LogP contribution < -0.4 is 0 Å². The Morgan fingerprint density at radius 1 is 0.968 bits per heavy atom. The van der Waals surface area contributed by atoms with Crippen LogP contribution >= 0.6 is 11.3 Å². The van der Waals surface area contributed by atoms with Gasteiger partial charge >= 0.3 is 0 Å². The molecule has 0 bridgehead atoms. The molecule has 2 amide bonds. The predicted molar refractivity (Wildman–Crippen MR) is 128 cm³/mol. The maximum atomic E-state index is 13.3. The van der Waals surface area contributed by atoms with Gasteiger partial charge in [0, 0.05) is 29.3 Å². The summed E-state index contributed by atoms with van der Waals surface area (Å²) < 4.78 is 0. The van der Waals surface area contributed by atoms with Crippen LogP contribution in [0.1, 0.15) is 67.2 Å². The normalized spacial score (nSPS) is 14.0. The quantitative estimate of drug-likeness (QED) is 0.443. The summed E-state index contributed by atoms with van der Waals surface area (Å²) in [6.45, 7) is 6.12. The number of amides is 2. The average molecular weight is 441 g/mol. The van der Waals surface area contributed by atoms with E-state index in [0.29, 0.717) is 32.0 Å². The first kappa shape index (κ1) is 23.5. The lowest BCUT2D eigenvalue weighted by Gasteiger charge is -2.28. The Kier molecular flexibility index (Phi) is 9.13. The first-order chi connectivity index (χ1) is 15.0. The second-order valence-electron chi connectivity index (χ2n) is 8.75. The predicted octanol–water partition coefficient (Wildman–Crippen LogP) is 5.79.